The number of ether oxygens (including phenoxy) is 2. The van der Waals surface area contributed by atoms with Gasteiger partial charge in [0.25, 0.3) is 0 Å². The highest BCUT2D eigenvalue weighted by atomic mass is 16.5. The third-order valence-electron chi connectivity index (χ3n) is 3.93. The number of nitrogens with two attached hydrogens (primary N) is 1. The van der Waals surface area contributed by atoms with E-state index in [0.717, 1.165) is 45.2 Å². The van der Waals surface area contributed by atoms with Gasteiger partial charge in [-0.2, -0.15) is 0 Å². The first-order chi connectivity index (χ1) is 8.19. The molecule has 1 fully saturated rings. The molecule has 0 spiro atoms. The molecule has 0 radical (unpaired) electrons. The zero-order valence-electron chi connectivity index (χ0n) is 11.6. The van der Waals surface area contributed by atoms with E-state index in [4.69, 9.17) is 15.2 Å². The van der Waals surface area contributed by atoms with Crippen molar-refractivity contribution in [3.8, 4) is 0 Å². The zero-order chi connectivity index (χ0) is 12.7. The Bertz CT molecular complexity index is 210. The summed E-state index contributed by atoms with van der Waals surface area (Å²) in [5.74, 6) is 0.770. The first-order valence-electron chi connectivity index (χ1n) is 6.62. The van der Waals surface area contributed by atoms with Gasteiger partial charge in [-0.25, -0.2) is 0 Å². The highest BCUT2D eigenvalue weighted by Gasteiger charge is 2.44. The largest absolute Gasteiger partial charge is 0.385 e. The molecule has 0 heterocycles. The van der Waals surface area contributed by atoms with Gasteiger partial charge >= 0.3 is 0 Å². The summed E-state index contributed by atoms with van der Waals surface area (Å²) >= 11 is 0. The normalized spacial score (nSPS) is 19.6. The van der Waals surface area contributed by atoms with Gasteiger partial charge in [0.05, 0.1) is 6.61 Å². The third-order valence-corrected chi connectivity index (χ3v) is 3.93. The maximum Gasteiger partial charge on any atom is 0.0589 e. The Balaban J connectivity index is 2.52. The molecule has 102 valence electrons. The van der Waals surface area contributed by atoms with Crippen LogP contribution >= 0.6 is 0 Å². The van der Waals surface area contributed by atoms with E-state index in [9.17, 15) is 0 Å². The van der Waals surface area contributed by atoms with Crippen LogP contribution in [0.5, 0.6) is 0 Å². The highest BCUT2D eigenvalue weighted by molar-refractivity contribution is 5.00. The van der Waals surface area contributed by atoms with Crippen LogP contribution in [0.2, 0.25) is 0 Å². The van der Waals surface area contributed by atoms with Crippen molar-refractivity contribution in [3.05, 3.63) is 0 Å². The number of methoxy groups -OCH3 is 2. The Kier molecular flexibility index (Phi) is 6.41. The lowest BCUT2D eigenvalue weighted by atomic mass is 9.93. The van der Waals surface area contributed by atoms with Crippen LogP contribution in [-0.4, -0.2) is 57.5 Å². The molecule has 1 atom stereocenters. The minimum absolute atomic E-state index is 0.145. The molecule has 17 heavy (non-hydrogen) atoms. The standard InChI is InChI=1S/C13H28N2O2/c1-13(11-14,12-5-6-12)15(8-10-17-3)7-4-9-16-2/h12H,4-11,14H2,1-3H3. The Morgan fingerprint density at radius 2 is 1.82 bits per heavy atom. The molecule has 0 aromatic carbocycles. The summed E-state index contributed by atoms with van der Waals surface area (Å²) in [6, 6.07) is 0. The summed E-state index contributed by atoms with van der Waals surface area (Å²) in [7, 11) is 3.51. The van der Waals surface area contributed by atoms with E-state index in [0.29, 0.717) is 0 Å². The predicted molar refractivity (Wildman–Crippen MR) is 70.1 cm³/mol. The number of nitrogens with zero attached hydrogens (tertiary/aromatic N) is 1. The fourth-order valence-electron chi connectivity index (χ4n) is 2.48. The van der Waals surface area contributed by atoms with E-state index >= 15 is 0 Å². The van der Waals surface area contributed by atoms with Gasteiger partial charge in [-0.05, 0) is 32.1 Å². The molecule has 0 bridgehead atoms. The molecule has 1 saturated carbocycles. The van der Waals surface area contributed by atoms with Gasteiger partial charge in [-0.15, -0.1) is 0 Å². The van der Waals surface area contributed by atoms with Crippen molar-refractivity contribution in [1.82, 2.24) is 4.90 Å². The van der Waals surface area contributed by atoms with Crippen molar-refractivity contribution in [2.45, 2.75) is 31.7 Å². The van der Waals surface area contributed by atoms with Gasteiger partial charge in [-0.3, -0.25) is 4.90 Å². The van der Waals surface area contributed by atoms with E-state index in [1.165, 1.54) is 12.8 Å². The SMILES string of the molecule is COCCCN(CCOC)C(C)(CN)C1CC1. The molecule has 4 heteroatoms. The van der Waals surface area contributed by atoms with E-state index in [1.54, 1.807) is 14.2 Å². The molecule has 0 aliphatic heterocycles. The second-order valence-electron chi connectivity index (χ2n) is 5.16. The number of hydrogen-bond donors (Lipinski definition) is 1. The molecule has 0 aromatic rings. The molecule has 1 aliphatic carbocycles. The van der Waals surface area contributed by atoms with Crippen LogP contribution in [0.25, 0.3) is 0 Å². The Morgan fingerprint density at radius 3 is 2.29 bits per heavy atom. The fourth-order valence-corrected chi connectivity index (χ4v) is 2.48. The Labute approximate surface area is 105 Å². The van der Waals surface area contributed by atoms with Crippen molar-refractivity contribution >= 4 is 0 Å². The molecular formula is C13H28N2O2. The van der Waals surface area contributed by atoms with Crippen LogP contribution < -0.4 is 5.73 Å². The number of rotatable bonds is 10. The zero-order valence-corrected chi connectivity index (χ0v) is 11.6. The van der Waals surface area contributed by atoms with Crippen molar-refractivity contribution in [2.75, 3.05) is 47.1 Å². The topological polar surface area (TPSA) is 47.7 Å². The maximum absolute atomic E-state index is 6.01. The smallest absolute Gasteiger partial charge is 0.0589 e. The Hall–Kier alpha value is -0.160. The van der Waals surface area contributed by atoms with Crippen molar-refractivity contribution in [3.63, 3.8) is 0 Å². The second kappa shape index (κ2) is 7.31. The van der Waals surface area contributed by atoms with Gasteiger partial charge in [0.15, 0.2) is 0 Å². The van der Waals surface area contributed by atoms with E-state index in [-0.39, 0.29) is 5.54 Å². The predicted octanol–water partition coefficient (Wildman–Crippen LogP) is 1.10. The summed E-state index contributed by atoms with van der Waals surface area (Å²) in [6.07, 6.45) is 3.70. The maximum atomic E-state index is 6.01. The summed E-state index contributed by atoms with van der Waals surface area (Å²) in [6.45, 7) is 6.62. The van der Waals surface area contributed by atoms with Crippen molar-refractivity contribution < 1.29 is 9.47 Å². The molecule has 0 amide bonds. The lowest BCUT2D eigenvalue weighted by molar-refractivity contribution is 0.0484. The van der Waals surface area contributed by atoms with Crippen LogP contribution in [0.3, 0.4) is 0 Å². The van der Waals surface area contributed by atoms with E-state index < -0.39 is 0 Å². The van der Waals surface area contributed by atoms with Gasteiger partial charge in [-0.1, -0.05) is 0 Å². The van der Waals surface area contributed by atoms with Crippen LogP contribution in [0.4, 0.5) is 0 Å². The first kappa shape index (κ1) is 14.9. The van der Waals surface area contributed by atoms with Crippen LogP contribution in [0, 0.1) is 5.92 Å². The molecular weight excluding hydrogens is 216 g/mol. The van der Waals surface area contributed by atoms with Crippen LogP contribution in [0.1, 0.15) is 26.2 Å². The van der Waals surface area contributed by atoms with Gasteiger partial charge in [0.1, 0.15) is 0 Å². The van der Waals surface area contributed by atoms with Crippen LogP contribution in [0.15, 0.2) is 0 Å². The lowest BCUT2D eigenvalue weighted by Crippen LogP contribution is -2.54. The third kappa shape index (κ3) is 4.21. The average molecular weight is 244 g/mol. The van der Waals surface area contributed by atoms with E-state index in [1.807, 2.05) is 0 Å². The van der Waals surface area contributed by atoms with Crippen LogP contribution in [-0.2, 0) is 9.47 Å². The minimum Gasteiger partial charge on any atom is -0.385 e. The van der Waals surface area contributed by atoms with Gasteiger partial charge in [0, 0.05) is 46.0 Å². The molecule has 1 rings (SSSR count). The fraction of sp³-hybridized carbons (Fsp3) is 1.00. The van der Waals surface area contributed by atoms with E-state index in [2.05, 4.69) is 11.8 Å². The van der Waals surface area contributed by atoms with Crippen molar-refractivity contribution in [1.29, 1.82) is 0 Å². The number of hydrogen-bond acceptors (Lipinski definition) is 4. The molecule has 2 N–H and O–H groups in total. The molecule has 1 aliphatic rings. The second-order valence-corrected chi connectivity index (χ2v) is 5.16. The van der Waals surface area contributed by atoms with Crippen molar-refractivity contribution in [2.24, 2.45) is 11.7 Å². The highest BCUT2D eigenvalue weighted by Crippen LogP contribution is 2.42. The first-order valence-corrected chi connectivity index (χ1v) is 6.62. The van der Waals surface area contributed by atoms with Gasteiger partial charge < -0.3 is 15.2 Å². The summed E-state index contributed by atoms with van der Waals surface area (Å²) in [5, 5.41) is 0. The lowest BCUT2D eigenvalue weighted by Gasteiger charge is -2.41. The summed E-state index contributed by atoms with van der Waals surface area (Å²) in [5.41, 5.74) is 6.16. The molecule has 4 nitrogen and oxygen atoms in total. The quantitative estimate of drug-likeness (QED) is 0.585. The summed E-state index contributed by atoms with van der Waals surface area (Å²) in [4.78, 5) is 2.49. The summed E-state index contributed by atoms with van der Waals surface area (Å²) < 4.78 is 10.3. The molecule has 1 unspecified atom stereocenters. The minimum atomic E-state index is 0.145. The Morgan fingerprint density at radius 1 is 1.18 bits per heavy atom. The molecule has 0 aromatic heterocycles. The van der Waals surface area contributed by atoms with Gasteiger partial charge in [0.2, 0.25) is 0 Å². The molecule has 0 saturated heterocycles. The average Bonchev–Trinajstić information content (AvgIpc) is 3.17. The monoisotopic (exact) mass is 244 g/mol.